The van der Waals surface area contributed by atoms with Gasteiger partial charge in [0.05, 0.1) is 12.1 Å². The van der Waals surface area contributed by atoms with E-state index in [2.05, 4.69) is 0 Å². The minimum atomic E-state index is -0.971. The topological polar surface area (TPSA) is 75.8 Å². The Morgan fingerprint density at radius 2 is 2.00 bits per heavy atom. The summed E-state index contributed by atoms with van der Waals surface area (Å²) in [6, 6.07) is -0.326. The summed E-state index contributed by atoms with van der Waals surface area (Å²) in [4.78, 5) is 12.5. The molecule has 0 unspecified atom stereocenters. The second-order valence-corrected chi connectivity index (χ2v) is 4.57. The number of hydrogen-bond donors (Lipinski definition) is 2. The van der Waals surface area contributed by atoms with Gasteiger partial charge in [-0.05, 0) is 27.7 Å². The van der Waals surface area contributed by atoms with E-state index >= 15 is 0 Å². The molecule has 0 aromatic carbocycles. The van der Waals surface area contributed by atoms with Crippen molar-refractivity contribution >= 4 is 6.09 Å². The molecule has 0 aliphatic rings. The van der Waals surface area contributed by atoms with E-state index in [1.54, 1.807) is 7.11 Å². The Morgan fingerprint density at radius 3 is 2.20 bits per heavy atom. The molecule has 3 N–H and O–H groups in total. The highest BCUT2D eigenvalue weighted by Gasteiger charge is 2.35. The van der Waals surface area contributed by atoms with Gasteiger partial charge in [0, 0.05) is 19.2 Å². The minimum Gasteiger partial charge on any atom is -0.465 e. The summed E-state index contributed by atoms with van der Waals surface area (Å²) in [5.74, 6) is 0. The smallest absolute Gasteiger partial charge is 0.408 e. The van der Waals surface area contributed by atoms with Crippen LogP contribution in [0.25, 0.3) is 0 Å². The molecule has 0 saturated carbocycles. The molecule has 0 rings (SSSR count). The predicted octanol–water partition coefficient (Wildman–Crippen LogP) is 1.13. The summed E-state index contributed by atoms with van der Waals surface area (Å²) in [6.45, 7) is 7.59. The Bertz CT molecular complexity index is 213. The van der Waals surface area contributed by atoms with E-state index in [9.17, 15) is 4.79 Å². The fourth-order valence-electron chi connectivity index (χ4n) is 1.59. The van der Waals surface area contributed by atoms with Crippen LogP contribution in [0.3, 0.4) is 0 Å². The molecule has 15 heavy (non-hydrogen) atoms. The van der Waals surface area contributed by atoms with E-state index in [-0.39, 0.29) is 18.7 Å². The normalized spacial score (nSPS) is 15.9. The average molecular weight is 218 g/mol. The van der Waals surface area contributed by atoms with Crippen LogP contribution < -0.4 is 5.73 Å². The van der Waals surface area contributed by atoms with E-state index in [4.69, 9.17) is 15.6 Å². The Labute approximate surface area is 91.2 Å². The summed E-state index contributed by atoms with van der Waals surface area (Å²) >= 11 is 0. The van der Waals surface area contributed by atoms with Gasteiger partial charge in [0.1, 0.15) is 0 Å². The van der Waals surface area contributed by atoms with Gasteiger partial charge in [0.25, 0.3) is 0 Å². The zero-order chi connectivity index (χ0) is 12.2. The Kier molecular flexibility index (Phi) is 5.03. The van der Waals surface area contributed by atoms with Gasteiger partial charge in [-0.25, -0.2) is 4.79 Å². The van der Waals surface area contributed by atoms with E-state index in [0.717, 1.165) is 0 Å². The van der Waals surface area contributed by atoms with Crippen molar-refractivity contribution in [2.75, 3.05) is 13.7 Å². The van der Waals surface area contributed by atoms with Crippen LogP contribution in [0.15, 0.2) is 0 Å². The molecule has 0 aromatic heterocycles. The SMILES string of the molecule is CO[C@H](C)[C@@H](CN)N(C(=O)O)C(C)(C)C. The Hall–Kier alpha value is -0.810. The van der Waals surface area contributed by atoms with E-state index in [0.29, 0.717) is 0 Å². The van der Waals surface area contributed by atoms with Gasteiger partial charge in [-0.1, -0.05) is 0 Å². The first-order chi connectivity index (χ1) is 6.75. The molecule has 5 heteroatoms. The minimum absolute atomic E-state index is 0.217. The van der Waals surface area contributed by atoms with Crippen molar-refractivity contribution in [3.8, 4) is 0 Å². The third kappa shape index (κ3) is 3.68. The molecule has 90 valence electrons. The third-order valence-electron chi connectivity index (χ3n) is 2.42. The Balaban J connectivity index is 4.96. The number of carbonyl (C=O) groups is 1. The van der Waals surface area contributed by atoms with Gasteiger partial charge in [-0.2, -0.15) is 0 Å². The van der Waals surface area contributed by atoms with Crippen LogP contribution in [0.2, 0.25) is 0 Å². The second-order valence-electron chi connectivity index (χ2n) is 4.57. The molecule has 0 aromatic rings. The van der Waals surface area contributed by atoms with Crippen LogP contribution in [-0.4, -0.2) is 47.4 Å². The molecule has 5 nitrogen and oxygen atoms in total. The number of rotatable bonds is 4. The number of ether oxygens (including phenoxy) is 1. The van der Waals surface area contributed by atoms with Crippen LogP contribution >= 0.6 is 0 Å². The lowest BCUT2D eigenvalue weighted by Crippen LogP contribution is -2.57. The van der Waals surface area contributed by atoms with Gasteiger partial charge in [0.15, 0.2) is 0 Å². The van der Waals surface area contributed by atoms with Crippen molar-refractivity contribution in [1.29, 1.82) is 0 Å². The molecule has 0 saturated heterocycles. The number of carboxylic acid groups (broad SMARTS) is 1. The van der Waals surface area contributed by atoms with Gasteiger partial charge in [0.2, 0.25) is 0 Å². The van der Waals surface area contributed by atoms with Crippen LogP contribution in [0.1, 0.15) is 27.7 Å². The summed E-state index contributed by atoms with van der Waals surface area (Å²) in [7, 11) is 1.55. The summed E-state index contributed by atoms with van der Waals surface area (Å²) in [5.41, 5.74) is 5.12. The number of amides is 1. The van der Waals surface area contributed by atoms with E-state index in [1.807, 2.05) is 27.7 Å². The number of nitrogens with zero attached hydrogens (tertiary/aromatic N) is 1. The molecule has 0 aliphatic carbocycles. The monoisotopic (exact) mass is 218 g/mol. The zero-order valence-corrected chi connectivity index (χ0v) is 10.2. The average Bonchev–Trinajstić information content (AvgIpc) is 2.09. The van der Waals surface area contributed by atoms with Crippen molar-refractivity contribution in [3.05, 3.63) is 0 Å². The Morgan fingerprint density at radius 1 is 1.53 bits per heavy atom. The highest BCUT2D eigenvalue weighted by atomic mass is 16.5. The predicted molar refractivity (Wildman–Crippen MR) is 58.9 cm³/mol. The second kappa shape index (κ2) is 5.32. The molecular formula is C10H22N2O3. The molecule has 0 radical (unpaired) electrons. The largest absolute Gasteiger partial charge is 0.465 e. The summed E-state index contributed by atoms with van der Waals surface area (Å²) in [6.07, 6.45) is -1.19. The first-order valence-corrected chi connectivity index (χ1v) is 5.00. The van der Waals surface area contributed by atoms with Crippen molar-refractivity contribution in [1.82, 2.24) is 4.90 Å². The van der Waals surface area contributed by atoms with E-state index < -0.39 is 11.6 Å². The van der Waals surface area contributed by atoms with Gasteiger partial charge >= 0.3 is 6.09 Å². The standard InChI is InChI=1S/C10H22N2O3/c1-7(15-5)8(6-11)12(9(13)14)10(2,3)4/h7-8H,6,11H2,1-5H3,(H,13,14)/t7-,8-/m1/s1. The lowest BCUT2D eigenvalue weighted by atomic mass is 10.0. The molecule has 0 heterocycles. The highest BCUT2D eigenvalue weighted by molar-refractivity contribution is 5.66. The first kappa shape index (κ1) is 14.2. The lowest BCUT2D eigenvalue weighted by molar-refractivity contribution is -0.00199. The van der Waals surface area contributed by atoms with Crippen LogP contribution in [0.4, 0.5) is 4.79 Å². The molecule has 0 aliphatic heterocycles. The third-order valence-corrected chi connectivity index (χ3v) is 2.42. The first-order valence-electron chi connectivity index (χ1n) is 5.00. The fourth-order valence-corrected chi connectivity index (χ4v) is 1.59. The lowest BCUT2D eigenvalue weighted by Gasteiger charge is -2.41. The quantitative estimate of drug-likeness (QED) is 0.741. The van der Waals surface area contributed by atoms with Gasteiger partial charge in [-0.15, -0.1) is 0 Å². The highest BCUT2D eigenvalue weighted by Crippen LogP contribution is 2.19. The van der Waals surface area contributed by atoms with Crippen LogP contribution in [-0.2, 0) is 4.74 Å². The number of methoxy groups -OCH3 is 1. The maximum Gasteiger partial charge on any atom is 0.408 e. The zero-order valence-electron chi connectivity index (χ0n) is 10.2. The van der Waals surface area contributed by atoms with Crippen molar-refractivity contribution < 1.29 is 14.6 Å². The fraction of sp³-hybridized carbons (Fsp3) is 0.900. The van der Waals surface area contributed by atoms with Gasteiger partial charge in [-0.3, -0.25) is 4.90 Å². The molecule has 0 spiro atoms. The summed E-state index contributed by atoms with van der Waals surface area (Å²) in [5, 5.41) is 9.17. The van der Waals surface area contributed by atoms with Gasteiger partial charge < -0.3 is 15.6 Å². The number of hydrogen-bond acceptors (Lipinski definition) is 3. The number of nitrogens with two attached hydrogens (primary N) is 1. The maximum atomic E-state index is 11.2. The van der Waals surface area contributed by atoms with Crippen molar-refractivity contribution in [2.45, 2.75) is 45.4 Å². The van der Waals surface area contributed by atoms with Crippen molar-refractivity contribution in [3.63, 3.8) is 0 Å². The molecule has 2 atom stereocenters. The molecular weight excluding hydrogens is 196 g/mol. The van der Waals surface area contributed by atoms with Crippen LogP contribution in [0, 0.1) is 0 Å². The van der Waals surface area contributed by atoms with E-state index in [1.165, 1.54) is 4.90 Å². The van der Waals surface area contributed by atoms with Crippen LogP contribution in [0.5, 0.6) is 0 Å². The molecule has 1 amide bonds. The van der Waals surface area contributed by atoms with Crippen molar-refractivity contribution in [2.24, 2.45) is 5.73 Å². The summed E-state index contributed by atoms with van der Waals surface area (Å²) < 4.78 is 5.14. The molecule has 0 fully saturated rings. The molecule has 0 bridgehead atoms. The maximum absolute atomic E-state index is 11.2.